The molecule has 2 aromatic rings. The van der Waals surface area contributed by atoms with Gasteiger partial charge in [-0.25, -0.2) is 0 Å². The van der Waals surface area contributed by atoms with Gasteiger partial charge in [-0.05, 0) is 62.7 Å². The summed E-state index contributed by atoms with van der Waals surface area (Å²) < 4.78 is 0. The van der Waals surface area contributed by atoms with E-state index < -0.39 is 0 Å². The molecule has 0 spiro atoms. The summed E-state index contributed by atoms with van der Waals surface area (Å²) in [7, 11) is 4.09. The maximum Gasteiger partial charge on any atom is 0.251 e. The summed E-state index contributed by atoms with van der Waals surface area (Å²) in [6, 6.07) is 14.7. The molecule has 24 heavy (non-hydrogen) atoms. The number of carbonyl (C=O) groups is 1. The lowest BCUT2D eigenvalue weighted by Crippen LogP contribution is -2.34. The first-order valence-electron chi connectivity index (χ1n) is 8.53. The molecular formula is C21H28N2O. The Labute approximate surface area is 145 Å². The number of rotatable bonds is 6. The quantitative estimate of drug-likeness (QED) is 0.874. The Morgan fingerprint density at radius 2 is 1.75 bits per heavy atom. The van der Waals surface area contributed by atoms with Crippen molar-refractivity contribution < 1.29 is 4.79 Å². The first-order chi connectivity index (χ1) is 11.4. The smallest absolute Gasteiger partial charge is 0.251 e. The van der Waals surface area contributed by atoms with Gasteiger partial charge in [0.2, 0.25) is 0 Å². The van der Waals surface area contributed by atoms with E-state index in [1.807, 2.05) is 46.1 Å². The van der Waals surface area contributed by atoms with E-state index in [0.717, 1.165) is 23.1 Å². The predicted octanol–water partition coefficient (Wildman–Crippen LogP) is 3.90. The highest BCUT2D eigenvalue weighted by Gasteiger charge is 2.17. The number of aryl methyl sites for hydroxylation is 2. The third-order valence-corrected chi connectivity index (χ3v) is 4.70. The van der Waals surface area contributed by atoms with Gasteiger partial charge in [0.25, 0.3) is 5.91 Å². The van der Waals surface area contributed by atoms with E-state index in [9.17, 15) is 4.79 Å². The minimum Gasteiger partial charge on any atom is -0.350 e. The van der Waals surface area contributed by atoms with Crippen molar-refractivity contribution >= 4 is 5.91 Å². The van der Waals surface area contributed by atoms with E-state index in [2.05, 4.69) is 41.4 Å². The Kier molecular flexibility index (Phi) is 6.16. The van der Waals surface area contributed by atoms with Gasteiger partial charge in [0.1, 0.15) is 0 Å². The number of amides is 1. The Balaban J connectivity index is 2.11. The molecular weight excluding hydrogens is 296 g/mol. The number of nitrogens with one attached hydrogen (secondary N) is 1. The second kappa shape index (κ2) is 8.11. The molecule has 128 valence electrons. The van der Waals surface area contributed by atoms with Gasteiger partial charge in [0.05, 0.1) is 6.04 Å². The molecule has 0 radical (unpaired) electrons. The van der Waals surface area contributed by atoms with Crippen LogP contribution in [0.25, 0.3) is 0 Å². The zero-order valence-corrected chi connectivity index (χ0v) is 15.4. The van der Waals surface area contributed by atoms with Crippen LogP contribution in [0.4, 0.5) is 0 Å². The molecule has 3 nitrogen and oxygen atoms in total. The number of carbonyl (C=O) groups excluding carboxylic acids is 1. The highest BCUT2D eigenvalue weighted by Crippen LogP contribution is 2.19. The van der Waals surface area contributed by atoms with Crippen molar-refractivity contribution in [3.63, 3.8) is 0 Å². The second-order valence-electron chi connectivity index (χ2n) is 6.53. The van der Waals surface area contributed by atoms with Crippen molar-refractivity contribution in [1.82, 2.24) is 10.2 Å². The molecule has 1 unspecified atom stereocenters. The van der Waals surface area contributed by atoms with Crippen LogP contribution in [-0.4, -0.2) is 31.4 Å². The summed E-state index contributed by atoms with van der Waals surface area (Å²) >= 11 is 0. The van der Waals surface area contributed by atoms with Crippen LogP contribution >= 0.6 is 0 Å². The summed E-state index contributed by atoms with van der Waals surface area (Å²) in [5.41, 5.74) is 5.49. The number of nitrogens with zero attached hydrogens (tertiary/aromatic N) is 1. The fourth-order valence-electron chi connectivity index (χ4n) is 2.86. The van der Waals surface area contributed by atoms with Crippen molar-refractivity contribution in [2.24, 2.45) is 0 Å². The lowest BCUT2D eigenvalue weighted by molar-refractivity contribution is 0.0941. The molecule has 2 rings (SSSR count). The number of hydrogen-bond acceptors (Lipinski definition) is 2. The van der Waals surface area contributed by atoms with Gasteiger partial charge in [-0.15, -0.1) is 0 Å². The standard InChI is InChI=1S/C21H28N2O/c1-6-17-10-12-18(13-11-17)20(23(4)5)14-22-21(24)19-9-7-8-15(2)16(19)3/h7-13,20H,6,14H2,1-5H3,(H,22,24). The highest BCUT2D eigenvalue weighted by molar-refractivity contribution is 5.95. The molecule has 3 heteroatoms. The molecule has 0 saturated carbocycles. The molecule has 0 aliphatic carbocycles. The first kappa shape index (κ1) is 18.2. The van der Waals surface area contributed by atoms with E-state index in [0.29, 0.717) is 6.54 Å². The van der Waals surface area contributed by atoms with E-state index >= 15 is 0 Å². The predicted molar refractivity (Wildman–Crippen MR) is 100 cm³/mol. The van der Waals surface area contributed by atoms with Crippen LogP contribution in [0.2, 0.25) is 0 Å². The summed E-state index contributed by atoms with van der Waals surface area (Å²) in [5, 5.41) is 3.09. The van der Waals surface area contributed by atoms with E-state index in [1.165, 1.54) is 11.1 Å². The average Bonchev–Trinajstić information content (AvgIpc) is 2.57. The largest absolute Gasteiger partial charge is 0.350 e. The molecule has 0 saturated heterocycles. The molecule has 2 aromatic carbocycles. The molecule has 0 aromatic heterocycles. The van der Waals surface area contributed by atoms with Crippen molar-refractivity contribution in [1.29, 1.82) is 0 Å². The monoisotopic (exact) mass is 324 g/mol. The Hall–Kier alpha value is -2.13. The molecule has 1 N–H and O–H groups in total. The van der Waals surface area contributed by atoms with Crippen molar-refractivity contribution in [2.75, 3.05) is 20.6 Å². The fraction of sp³-hybridized carbons (Fsp3) is 0.381. The fourth-order valence-corrected chi connectivity index (χ4v) is 2.86. The average molecular weight is 324 g/mol. The molecule has 0 bridgehead atoms. The minimum absolute atomic E-state index is 0.00627. The minimum atomic E-state index is -0.00627. The van der Waals surface area contributed by atoms with E-state index in [1.54, 1.807) is 0 Å². The van der Waals surface area contributed by atoms with Crippen molar-refractivity contribution in [3.05, 3.63) is 70.3 Å². The lowest BCUT2D eigenvalue weighted by Gasteiger charge is -2.25. The molecule has 0 heterocycles. The summed E-state index contributed by atoms with van der Waals surface area (Å²) in [6.07, 6.45) is 1.04. The maximum absolute atomic E-state index is 12.5. The van der Waals surface area contributed by atoms with Crippen LogP contribution in [0.15, 0.2) is 42.5 Å². The van der Waals surface area contributed by atoms with Crippen LogP contribution < -0.4 is 5.32 Å². The van der Waals surface area contributed by atoms with Crippen LogP contribution in [-0.2, 0) is 6.42 Å². The molecule has 1 atom stereocenters. The number of benzene rings is 2. The van der Waals surface area contributed by atoms with Crippen molar-refractivity contribution in [3.8, 4) is 0 Å². The summed E-state index contributed by atoms with van der Waals surface area (Å²) in [5.74, 6) is -0.00627. The lowest BCUT2D eigenvalue weighted by atomic mass is 10.0. The van der Waals surface area contributed by atoms with E-state index in [4.69, 9.17) is 0 Å². The summed E-state index contributed by atoms with van der Waals surface area (Å²) in [4.78, 5) is 14.7. The number of hydrogen-bond donors (Lipinski definition) is 1. The SMILES string of the molecule is CCc1ccc(C(CNC(=O)c2cccc(C)c2C)N(C)C)cc1. The van der Waals surface area contributed by atoms with E-state index in [-0.39, 0.29) is 11.9 Å². The highest BCUT2D eigenvalue weighted by atomic mass is 16.1. The molecule has 0 aliphatic heterocycles. The van der Waals surface area contributed by atoms with Gasteiger partial charge in [-0.3, -0.25) is 4.79 Å². The van der Waals surface area contributed by atoms with Gasteiger partial charge in [-0.1, -0.05) is 43.3 Å². The van der Waals surface area contributed by atoms with Gasteiger partial charge in [0, 0.05) is 12.1 Å². The first-order valence-corrected chi connectivity index (χ1v) is 8.53. The van der Waals surface area contributed by atoms with Crippen LogP contribution in [0.3, 0.4) is 0 Å². The Morgan fingerprint density at radius 3 is 2.33 bits per heavy atom. The van der Waals surface area contributed by atoms with Gasteiger partial charge in [0.15, 0.2) is 0 Å². The summed E-state index contributed by atoms with van der Waals surface area (Å²) in [6.45, 7) is 6.77. The Morgan fingerprint density at radius 1 is 1.08 bits per heavy atom. The topological polar surface area (TPSA) is 32.3 Å². The van der Waals surface area contributed by atoms with Gasteiger partial charge in [-0.2, -0.15) is 0 Å². The van der Waals surface area contributed by atoms with Gasteiger partial charge >= 0.3 is 0 Å². The zero-order valence-electron chi connectivity index (χ0n) is 15.4. The third-order valence-electron chi connectivity index (χ3n) is 4.70. The Bertz CT molecular complexity index is 689. The second-order valence-corrected chi connectivity index (χ2v) is 6.53. The van der Waals surface area contributed by atoms with Gasteiger partial charge < -0.3 is 10.2 Å². The van der Waals surface area contributed by atoms with Crippen LogP contribution in [0.1, 0.15) is 45.6 Å². The van der Waals surface area contributed by atoms with Crippen LogP contribution in [0, 0.1) is 13.8 Å². The van der Waals surface area contributed by atoms with Crippen molar-refractivity contribution in [2.45, 2.75) is 33.2 Å². The normalized spacial score (nSPS) is 12.2. The number of likely N-dealkylation sites (N-methyl/N-ethyl adjacent to an activating group) is 1. The maximum atomic E-state index is 12.5. The molecule has 0 aliphatic rings. The van der Waals surface area contributed by atoms with Crippen LogP contribution in [0.5, 0.6) is 0 Å². The molecule has 1 amide bonds. The zero-order chi connectivity index (χ0) is 17.7. The molecule has 0 fully saturated rings. The third kappa shape index (κ3) is 4.24.